The monoisotopic (exact) mass is 285 g/mol. The van der Waals surface area contributed by atoms with Crippen molar-refractivity contribution >= 4 is 5.91 Å². The molecule has 0 saturated heterocycles. The summed E-state index contributed by atoms with van der Waals surface area (Å²) >= 11 is 0. The summed E-state index contributed by atoms with van der Waals surface area (Å²) in [7, 11) is 0. The van der Waals surface area contributed by atoms with E-state index in [1.807, 2.05) is 51.1 Å². The van der Waals surface area contributed by atoms with Crippen LogP contribution < -0.4 is 5.32 Å². The van der Waals surface area contributed by atoms with Crippen molar-refractivity contribution in [3.63, 3.8) is 0 Å². The highest BCUT2D eigenvalue weighted by Crippen LogP contribution is 2.18. The molecule has 1 amide bonds. The van der Waals surface area contributed by atoms with Crippen LogP contribution in [0.2, 0.25) is 0 Å². The van der Waals surface area contributed by atoms with Gasteiger partial charge < -0.3 is 10.1 Å². The minimum absolute atomic E-state index is 0.0308. The minimum atomic E-state index is -0.0308. The average Bonchev–Trinajstić information content (AvgIpc) is 2.45. The van der Waals surface area contributed by atoms with Gasteiger partial charge in [0.15, 0.2) is 0 Å². The van der Waals surface area contributed by atoms with Crippen LogP contribution >= 0.6 is 0 Å². The Hall–Kier alpha value is -2.03. The van der Waals surface area contributed by atoms with E-state index in [4.69, 9.17) is 4.74 Å². The largest absolute Gasteiger partial charge is 0.491 e. The highest BCUT2D eigenvalue weighted by molar-refractivity contribution is 5.94. The van der Waals surface area contributed by atoms with E-state index in [-0.39, 0.29) is 12.0 Å². The Morgan fingerprint density at radius 3 is 2.67 bits per heavy atom. The highest BCUT2D eigenvalue weighted by atomic mass is 16.5. The van der Waals surface area contributed by atoms with Crippen LogP contribution in [0, 0.1) is 6.92 Å². The van der Waals surface area contributed by atoms with Gasteiger partial charge in [0.25, 0.3) is 5.91 Å². The van der Waals surface area contributed by atoms with E-state index in [0.717, 1.165) is 24.2 Å². The molecule has 1 aliphatic carbocycles. The zero-order valence-corrected chi connectivity index (χ0v) is 13.0. The Kier molecular flexibility index (Phi) is 5.20. The van der Waals surface area contributed by atoms with Crippen LogP contribution in [-0.2, 0) is 4.74 Å². The summed E-state index contributed by atoms with van der Waals surface area (Å²) in [5, 5.41) is 2.97. The summed E-state index contributed by atoms with van der Waals surface area (Å²) < 4.78 is 5.70. The number of benzene rings is 1. The quantitative estimate of drug-likeness (QED) is 0.894. The molecule has 0 aromatic heterocycles. The summed E-state index contributed by atoms with van der Waals surface area (Å²) in [4.78, 5) is 12.1. The number of nitrogens with one attached hydrogen (secondary N) is 1. The number of hydrogen-bond acceptors (Lipinski definition) is 2. The normalized spacial score (nSPS) is 14.5. The molecule has 0 spiro atoms. The van der Waals surface area contributed by atoms with Gasteiger partial charge in [-0.05, 0) is 63.5 Å². The zero-order valence-electron chi connectivity index (χ0n) is 13.0. The Balaban J connectivity index is 1.90. The zero-order chi connectivity index (χ0) is 15.2. The van der Waals surface area contributed by atoms with Gasteiger partial charge >= 0.3 is 0 Å². The van der Waals surface area contributed by atoms with Crippen LogP contribution in [0.4, 0.5) is 0 Å². The molecular formula is C18H23NO2. The molecule has 2 rings (SSSR count). The molecule has 1 aromatic rings. The van der Waals surface area contributed by atoms with Gasteiger partial charge in [-0.15, -0.1) is 0 Å². The molecule has 1 aliphatic rings. The molecule has 0 atom stereocenters. The molecule has 1 N–H and O–H groups in total. The Morgan fingerprint density at radius 1 is 1.29 bits per heavy atom. The number of ether oxygens (including phenoxy) is 1. The summed E-state index contributed by atoms with van der Waals surface area (Å²) in [6.45, 7) is 6.62. The molecule has 3 heteroatoms. The number of rotatable bonds is 5. The second kappa shape index (κ2) is 7.11. The van der Waals surface area contributed by atoms with Crippen molar-refractivity contribution in [2.75, 3.05) is 6.54 Å². The lowest BCUT2D eigenvalue weighted by atomic mass is 10.0. The minimum Gasteiger partial charge on any atom is -0.491 e. The van der Waals surface area contributed by atoms with Gasteiger partial charge in [0.2, 0.25) is 0 Å². The maximum atomic E-state index is 12.1. The van der Waals surface area contributed by atoms with Crippen molar-refractivity contribution in [3.05, 3.63) is 58.9 Å². The third kappa shape index (κ3) is 4.78. The van der Waals surface area contributed by atoms with Crippen molar-refractivity contribution < 1.29 is 9.53 Å². The molecule has 0 aliphatic heterocycles. The third-order valence-corrected chi connectivity index (χ3v) is 3.32. The SMILES string of the molecule is Cc1ccc(C(=O)NCC2=CC(OC(C)C)=CCC2)cc1. The molecule has 0 radical (unpaired) electrons. The van der Waals surface area contributed by atoms with E-state index in [1.54, 1.807) is 0 Å². The first kappa shape index (κ1) is 15.4. The van der Waals surface area contributed by atoms with Crippen LogP contribution in [0.1, 0.15) is 42.6 Å². The van der Waals surface area contributed by atoms with Crippen LogP contribution in [0.25, 0.3) is 0 Å². The predicted octanol–water partition coefficient (Wildman–Crippen LogP) is 3.75. The molecule has 3 nitrogen and oxygen atoms in total. The second-order valence-electron chi connectivity index (χ2n) is 5.66. The maximum absolute atomic E-state index is 12.1. The fourth-order valence-corrected chi connectivity index (χ4v) is 2.23. The first-order valence-electron chi connectivity index (χ1n) is 7.45. The Morgan fingerprint density at radius 2 is 2.00 bits per heavy atom. The molecule has 0 heterocycles. The number of allylic oxidation sites excluding steroid dienone is 2. The van der Waals surface area contributed by atoms with Crippen molar-refractivity contribution in [1.29, 1.82) is 0 Å². The van der Waals surface area contributed by atoms with Crippen LogP contribution in [0.15, 0.2) is 47.7 Å². The lowest BCUT2D eigenvalue weighted by molar-refractivity contribution is 0.0956. The Labute approximate surface area is 126 Å². The van der Waals surface area contributed by atoms with E-state index < -0.39 is 0 Å². The molecule has 1 aromatic carbocycles. The number of amides is 1. The molecule has 21 heavy (non-hydrogen) atoms. The smallest absolute Gasteiger partial charge is 0.251 e. The van der Waals surface area contributed by atoms with Crippen molar-refractivity contribution in [2.24, 2.45) is 0 Å². The van der Waals surface area contributed by atoms with Gasteiger partial charge in [-0.1, -0.05) is 17.7 Å². The number of carbonyl (C=O) groups is 1. The van der Waals surface area contributed by atoms with Gasteiger partial charge in [0.05, 0.1) is 6.10 Å². The number of aryl methyl sites for hydroxylation is 1. The van der Waals surface area contributed by atoms with Crippen LogP contribution in [0.3, 0.4) is 0 Å². The van der Waals surface area contributed by atoms with Crippen molar-refractivity contribution in [3.8, 4) is 0 Å². The topological polar surface area (TPSA) is 38.3 Å². The summed E-state index contributed by atoms with van der Waals surface area (Å²) in [6, 6.07) is 7.61. The maximum Gasteiger partial charge on any atom is 0.251 e. The first-order chi connectivity index (χ1) is 10.0. The third-order valence-electron chi connectivity index (χ3n) is 3.32. The van der Waals surface area contributed by atoms with Crippen LogP contribution in [-0.4, -0.2) is 18.6 Å². The molecule has 112 valence electrons. The fourth-order valence-electron chi connectivity index (χ4n) is 2.23. The molecule has 0 unspecified atom stereocenters. The molecule has 0 saturated carbocycles. The molecule has 0 bridgehead atoms. The van der Waals surface area contributed by atoms with Gasteiger partial charge in [0, 0.05) is 12.1 Å². The van der Waals surface area contributed by atoms with E-state index in [9.17, 15) is 4.79 Å². The summed E-state index contributed by atoms with van der Waals surface area (Å²) in [6.07, 6.45) is 6.26. The predicted molar refractivity (Wildman–Crippen MR) is 85.1 cm³/mol. The van der Waals surface area contributed by atoms with E-state index in [1.165, 1.54) is 5.57 Å². The van der Waals surface area contributed by atoms with Crippen molar-refractivity contribution in [1.82, 2.24) is 5.32 Å². The number of carbonyl (C=O) groups excluding carboxylic acids is 1. The van der Waals surface area contributed by atoms with Gasteiger partial charge in [-0.2, -0.15) is 0 Å². The molecule has 0 fully saturated rings. The van der Waals surface area contributed by atoms with Gasteiger partial charge in [-0.3, -0.25) is 4.79 Å². The van der Waals surface area contributed by atoms with E-state index >= 15 is 0 Å². The lowest BCUT2D eigenvalue weighted by Gasteiger charge is -2.17. The highest BCUT2D eigenvalue weighted by Gasteiger charge is 2.10. The lowest BCUT2D eigenvalue weighted by Crippen LogP contribution is -2.26. The van der Waals surface area contributed by atoms with Crippen LogP contribution in [0.5, 0.6) is 0 Å². The number of hydrogen-bond donors (Lipinski definition) is 1. The van der Waals surface area contributed by atoms with E-state index in [0.29, 0.717) is 12.1 Å². The van der Waals surface area contributed by atoms with Gasteiger partial charge in [-0.25, -0.2) is 0 Å². The summed E-state index contributed by atoms with van der Waals surface area (Å²) in [5.41, 5.74) is 3.06. The molecular weight excluding hydrogens is 262 g/mol. The second-order valence-corrected chi connectivity index (χ2v) is 5.66. The standard InChI is InChI=1S/C18H23NO2/c1-13(2)21-17-6-4-5-15(11-17)12-19-18(20)16-9-7-14(3)8-10-16/h6-11,13H,4-5,12H2,1-3H3,(H,19,20). The van der Waals surface area contributed by atoms with Gasteiger partial charge in [0.1, 0.15) is 5.76 Å². The van der Waals surface area contributed by atoms with E-state index in [2.05, 4.69) is 11.4 Å². The fraction of sp³-hybridized carbons (Fsp3) is 0.389. The van der Waals surface area contributed by atoms with Crippen molar-refractivity contribution in [2.45, 2.75) is 39.7 Å². The Bertz CT molecular complexity index is 553. The average molecular weight is 285 g/mol. The summed E-state index contributed by atoms with van der Waals surface area (Å²) in [5.74, 6) is 0.882. The first-order valence-corrected chi connectivity index (χ1v) is 7.45.